The van der Waals surface area contributed by atoms with Gasteiger partial charge in [0.1, 0.15) is 10.7 Å². The van der Waals surface area contributed by atoms with Crippen LogP contribution in [-0.4, -0.2) is 4.98 Å². The lowest BCUT2D eigenvalue weighted by atomic mass is 10.2. The van der Waals surface area contributed by atoms with E-state index in [4.69, 9.17) is 4.42 Å². The van der Waals surface area contributed by atoms with Gasteiger partial charge in [-0.1, -0.05) is 28.1 Å². The van der Waals surface area contributed by atoms with Crippen molar-refractivity contribution in [3.63, 3.8) is 0 Å². The molecule has 0 aliphatic heterocycles. The Morgan fingerprint density at radius 1 is 1.17 bits per heavy atom. The highest BCUT2D eigenvalue weighted by Crippen LogP contribution is 2.33. The zero-order valence-electron chi connectivity index (χ0n) is 9.68. The minimum Gasteiger partial charge on any atom is -0.463 e. The fraction of sp³-hybridized carbons (Fsp3) is 0.0714. The fourth-order valence-corrected chi connectivity index (χ4v) is 2.94. The Morgan fingerprint density at radius 2 is 1.94 bits per heavy atom. The number of hydrogen-bond acceptors (Lipinski definition) is 3. The van der Waals surface area contributed by atoms with Crippen LogP contribution in [0.5, 0.6) is 0 Å². The second-order valence-corrected chi connectivity index (χ2v) is 6.03. The van der Waals surface area contributed by atoms with Gasteiger partial charge in [0, 0.05) is 14.9 Å². The predicted octanol–water partition coefficient (Wildman–Crippen LogP) is 5.14. The maximum absolute atomic E-state index is 5.41. The van der Waals surface area contributed by atoms with Crippen molar-refractivity contribution in [2.45, 2.75) is 6.92 Å². The Kier molecular flexibility index (Phi) is 3.06. The average Bonchev–Trinajstić information content (AvgIpc) is 2.99. The number of rotatable bonds is 2. The van der Waals surface area contributed by atoms with E-state index in [1.165, 1.54) is 4.88 Å². The normalized spacial score (nSPS) is 10.8. The van der Waals surface area contributed by atoms with E-state index in [2.05, 4.69) is 40.0 Å². The van der Waals surface area contributed by atoms with E-state index in [1.807, 2.05) is 24.3 Å². The summed E-state index contributed by atoms with van der Waals surface area (Å²) in [4.78, 5) is 5.83. The van der Waals surface area contributed by atoms with Crippen LogP contribution in [0.1, 0.15) is 4.88 Å². The molecule has 2 aromatic heterocycles. The molecular formula is C14H10BrNOS. The van der Waals surface area contributed by atoms with Crippen LogP contribution in [0, 0.1) is 6.92 Å². The van der Waals surface area contributed by atoms with E-state index in [0.29, 0.717) is 0 Å². The van der Waals surface area contributed by atoms with Crippen LogP contribution in [0.25, 0.3) is 22.0 Å². The predicted molar refractivity (Wildman–Crippen MR) is 77.7 cm³/mol. The second kappa shape index (κ2) is 4.71. The molecule has 4 heteroatoms. The van der Waals surface area contributed by atoms with Gasteiger partial charge >= 0.3 is 0 Å². The van der Waals surface area contributed by atoms with Crippen molar-refractivity contribution in [2.75, 3.05) is 0 Å². The summed E-state index contributed by atoms with van der Waals surface area (Å²) < 4.78 is 6.48. The van der Waals surface area contributed by atoms with E-state index < -0.39 is 0 Å². The third-order valence-corrected chi connectivity index (χ3v) is 4.19. The highest BCUT2D eigenvalue weighted by molar-refractivity contribution is 9.10. The lowest BCUT2D eigenvalue weighted by Crippen LogP contribution is -1.78. The van der Waals surface area contributed by atoms with Gasteiger partial charge in [0.15, 0.2) is 5.76 Å². The van der Waals surface area contributed by atoms with Gasteiger partial charge in [0.25, 0.3) is 0 Å². The van der Waals surface area contributed by atoms with E-state index >= 15 is 0 Å². The van der Waals surface area contributed by atoms with Crippen LogP contribution < -0.4 is 0 Å². The standard InChI is InChI=1S/C14H10BrNOS/c1-9-13(12-3-2-8-17-12)16-14(18-9)10-4-6-11(15)7-5-10/h2-8H,1H3. The van der Waals surface area contributed by atoms with E-state index in [9.17, 15) is 0 Å². The van der Waals surface area contributed by atoms with Crippen molar-refractivity contribution in [3.8, 4) is 22.0 Å². The summed E-state index contributed by atoms with van der Waals surface area (Å²) in [6, 6.07) is 12.0. The molecule has 3 aromatic rings. The average molecular weight is 320 g/mol. The molecule has 0 spiro atoms. The number of thiazole rings is 1. The number of aryl methyl sites for hydroxylation is 1. The van der Waals surface area contributed by atoms with Crippen molar-refractivity contribution in [2.24, 2.45) is 0 Å². The summed E-state index contributed by atoms with van der Waals surface area (Å²) in [5.41, 5.74) is 2.06. The summed E-state index contributed by atoms with van der Waals surface area (Å²) in [5.74, 6) is 0.826. The van der Waals surface area contributed by atoms with Crippen LogP contribution in [0.2, 0.25) is 0 Å². The third kappa shape index (κ3) is 2.13. The molecule has 0 aliphatic carbocycles. The SMILES string of the molecule is Cc1sc(-c2ccc(Br)cc2)nc1-c1ccco1. The Morgan fingerprint density at radius 3 is 2.61 bits per heavy atom. The van der Waals surface area contributed by atoms with Crippen LogP contribution in [0.3, 0.4) is 0 Å². The van der Waals surface area contributed by atoms with Crippen molar-refractivity contribution in [3.05, 3.63) is 52.0 Å². The lowest BCUT2D eigenvalue weighted by molar-refractivity contribution is 0.580. The minimum atomic E-state index is 0.826. The highest BCUT2D eigenvalue weighted by Gasteiger charge is 2.12. The molecule has 0 aliphatic rings. The molecule has 0 radical (unpaired) electrons. The minimum absolute atomic E-state index is 0.826. The number of aromatic nitrogens is 1. The summed E-state index contributed by atoms with van der Waals surface area (Å²) in [6.07, 6.45) is 1.67. The Bertz CT molecular complexity index is 656. The summed E-state index contributed by atoms with van der Waals surface area (Å²) >= 11 is 5.12. The van der Waals surface area contributed by atoms with Crippen LogP contribution in [0.15, 0.2) is 51.6 Å². The molecule has 0 atom stereocenters. The first kappa shape index (κ1) is 11.7. The molecule has 0 saturated heterocycles. The number of benzene rings is 1. The number of halogens is 1. The zero-order chi connectivity index (χ0) is 12.5. The monoisotopic (exact) mass is 319 g/mol. The van der Waals surface area contributed by atoms with Crippen molar-refractivity contribution >= 4 is 27.3 Å². The first-order chi connectivity index (χ1) is 8.74. The van der Waals surface area contributed by atoms with Gasteiger partial charge in [-0.3, -0.25) is 0 Å². The second-order valence-electron chi connectivity index (χ2n) is 3.91. The molecule has 2 heterocycles. The summed E-state index contributed by atoms with van der Waals surface area (Å²) in [7, 11) is 0. The first-order valence-electron chi connectivity index (χ1n) is 5.51. The third-order valence-electron chi connectivity index (χ3n) is 2.64. The van der Waals surface area contributed by atoms with Crippen molar-refractivity contribution in [1.82, 2.24) is 4.98 Å². The summed E-state index contributed by atoms with van der Waals surface area (Å²) in [6.45, 7) is 2.07. The van der Waals surface area contributed by atoms with Gasteiger partial charge in [0.2, 0.25) is 0 Å². The Hall–Kier alpha value is -1.39. The van der Waals surface area contributed by atoms with Crippen molar-refractivity contribution in [1.29, 1.82) is 0 Å². The van der Waals surface area contributed by atoms with Gasteiger partial charge < -0.3 is 4.42 Å². The molecule has 0 amide bonds. The van der Waals surface area contributed by atoms with Gasteiger partial charge in [-0.05, 0) is 31.2 Å². The fourth-order valence-electron chi connectivity index (χ4n) is 1.75. The van der Waals surface area contributed by atoms with Gasteiger partial charge in [-0.15, -0.1) is 11.3 Å². The molecule has 0 fully saturated rings. The molecule has 1 aromatic carbocycles. The van der Waals surface area contributed by atoms with Crippen LogP contribution >= 0.6 is 27.3 Å². The number of hydrogen-bond donors (Lipinski definition) is 0. The smallest absolute Gasteiger partial charge is 0.153 e. The lowest BCUT2D eigenvalue weighted by Gasteiger charge is -1.95. The molecule has 3 rings (SSSR count). The van der Waals surface area contributed by atoms with E-state index in [0.717, 1.165) is 26.5 Å². The number of nitrogens with zero attached hydrogens (tertiary/aromatic N) is 1. The molecule has 0 saturated carbocycles. The highest BCUT2D eigenvalue weighted by atomic mass is 79.9. The molecule has 0 bridgehead atoms. The van der Waals surface area contributed by atoms with Crippen molar-refractivity contribution < 1.29 is 4.42 Å². The maximum Gasteiger partial charge on any atom is 0.153 e. The Balaban J connectivity index is 2.05. The Labute approximate surface area is 117 Å². The van der Waals surface area contributed by atoms with E-state index in [1.54, 1.807) is 17.6 Å². The van der Waals surface area contributed by atoms with Crippen LogP contribution in [-0.2, 0) is 0 Å². The topological polar surface area (TPSA) is 26.0 Å². The van der Waals surface area contributed by atoms with Crippen LogP contribution in [0.4, 0.5) is 0 Å². The molecule has 18 heavy (non-hydrogen) atoms. The van der Waals surface area contributed by atoms with Gasteiger partial charge in [0.05, 0.1) is 6.26 Å². The summed E-state index contributed by atoms with van der Waals surface area (Å²) in [5, 5.41) is 1.02. The molecule has 2 nitrogen and oxygen atoms in total. The largest absolute Gasteiger partial charge is 0.463 e. The van der Waals surface area contributed by atoms with Gasteiger partial charge in [-0.2, -0.15) is 0 Å². The van der Waals surface area contributed by atoms with E-state index in [-0.39, 0.29) is 0 Å². The first-order valence-corrected chi connectivity index (χ1v) is 7.12. The van der Waals surface area contributed by atoms with Gasteiger partial charge in [-0.25, -0.2) is 4.98 Å². The zero-order valence-corrected chi connectivity index (χ0v) is 12.1. The molecule has 0 N–H and O–H groups in total. The number of furan rings is 1. The maximum atomic E-state index is 5.41. The molecular weight excluding hydrogens is 310 g/mol. The molecule has 0 unspecified atom stereocenters. The molecule has 90 valence electrons. The quantitative estimate of drug-likeness (QED) is 0.653.